The first-order valence-corrected chi connectivity index (χ1v) is 8.47. The van der Waals surface area contributed by atoms with Crippen molar-refractivity contribution in [2.75, 3.05) is 5.32 Å². The van der Waals surface area contributed by atoms with E-state index in [1.807, 2.05) is 18.2 Å². The second-order valence-corrected chi connectivity index (χ2v) is 5.93. The number of ether oxygens (including phenoxy) is 1. The van der Waals surface area contributed by atoms with Crippen LogP contribution in [0.25, 0.3) is 0 Å². The van der Waals surface area contributed by atoms with E-state index in [0.29, 0.717) is 17.7 Å². The zero-order valence-corrected chi connectivity index (χ0v) is 14.5. The number of rotatable bonds is 7. The third-order valence-corrected chi connectivity index (χ3v) is 3.83. The molecule has 0 spiro atoms. The third-order valence-electron chi connectivity index (χ3n) is 3.83. The van der Waals surface area contributed by atoms with Gasteiger partial charge in [0.25, 0.3) is 0 Å². The Balaban J connectivity index is 1.53. The molecule has 0 aliphatic carbocycles. The van der Waals surface area contributed by atoms with E-state index in [2.05, 4.69) is 10.3 Å². The molecule has 0 saturated carbocycles. The molecular weight excluding hydrogens is 350 g/mol. The van der Waals surface area contributed by atoms with Gasteiger partial charge in [-0.05, 0) is 48.4 Å². The number of pyridine rings is 1. The summed E-state index contributed by atoms with van der Waals surface area (Å²) >= 11 is 0. The van der Waals surface area contributed by atoms with Gasteiger partial charge in [0.1, 0.15) is 12.4 Å². The van der Waals surface area contributed by atoms with Crippen LogP contribution in [0.3, 0.4) is 0 Å². The maximum absolute atomic E-state index is 14.2. The molecule has 1 N–H and O–H groups in total. The predicted octanol–water partition coefficient (Wildman–Crippen LogP) is 4.51. The highest BCUT2D eigenvalue weighted by Crippen LogP contribution is 2.22. The van der Waals surface area contributed by atoms with Gasteiger partial charge in [0.2, 0.25) is 5.91 Å². The van der Waals surface area contributed by atoms with Crippen molar-refractivity contribution in [2.45, 2.75) is 19.4 Å². The Kier molecular flexibility index (Phi) is 6.10. The number of halogens is 2. The van der Waals surface area contributed by atoms with Crippen molar-refractivity contribution in [3.05, 3.63) is 89.8 Å². The lowest BCUT2D eigenvalue weighted by Gasteiger charge is -2.10. The van der Waals surface area contributed by atoms with Gasteiger partial charge < -0.3 is 10.1 Å². The molecule has 0 saturated heterocycles. The van der Waals surface area contributed by atoms with Gasteiger partial charge in [0.15, 0.2) is 11.6 Å². The van der Waals surface area contributed by atoms with Crippen molar-refractivity contribution in [2.24, 2.45) is 0 Å². The highest BCUT2D eigenvalue weighted by molar-refractivity contribution is 5.90. The van der Waals surface area contributed by atoms with Gasteiger partial charge in [-0.25, -0.2) is 8.78 Å². The molecule has 4 nitrogen and oxygen atoms in total. The van der Waals surface area contributed by atoms with E-state index in [9.17, 15) is 13.6 Å². The Hall–Kier alpha value is -3.28. The average Bonchev–Trinajstić information content (AvgIpc) is 2.67. The molecule has 0 unspecified atom stereocenters. The normalized spacial score (nSPS) is 10.4. The molecule has 3 rings (SSSR count). The van der Waals surface area contributed by atoms with Gasteiger partial charge in [0, 0.05) is 30.1 Å². The van der Waals surface area contributed by atoms with Gasteiger partial charge in [-0.15, -0.1) is 0 Å². The number of carbonyl (C=O) groups is 1. The Labute approximate surface area is 155 Å². The van der Waals surface area contributed by atoms with Crippen LogP contribution >= 0.6 is 0 Å². The van der Waals surface area contributed by atoms with Crippen molar-refractivity contribution in [1.82, 2.24) is 4.98 Å². The zero-order chi connectivity index (χ0) is 19.1. The summed E-state index contributed by atoms with van der Waals surface area (Å²) in [6.07, 6.45) is 2.42. The molecular formula is C21H18F2N2O2. The highest BCUT2D eigenvalue weighted by Gasteiger charge is 2.09. The second-order valence-electron chi connectivity index (χ2n) is 5.93. The number of aryl methyl sites for hydroxylation is 1. The van der Waals surface area contributed by atoms with Crippen LogP contribution in [0.5, 0.6) is 5.75 Å². The van der Waals surface area contributed by atoms with E-state index < -0.39 is 5.82 Å². The number of carbonyl (C=O) groups excluding carboxylic acids is 1. The van der Waals surface area contributed by atoms with E-state index in [1.165, 1.54) is 24.3 Å². The topological polar surface area (TPSA) is 51.2 Å². The summed E-state index contributed by atoms with van der Waals surface area (Å²) in [7, 11) is 0. The average molecular weight is 368 g/mol. The lowest BCUT2D eigenvalue weighted by Crippen LogP contribution is -2.13. The van der Waals surface area contributed by atoms with Crippen molar-refractivity contribution in [3.8, 4) is 5.75 Å². The Morgan fingerprint density at radius 1 is 1.04 bits per heavy atom. The van der Waals surface area contributed by atoms with E-state index in [-0.39, 0.29) is 30.5 Å². The zero-order valence-electron chi connectivity index (χ0n) is 14.5. The maximum Gasteiger partial charge on any atom is 0.224 e. The molecule has 27 heavy (non-hydrogen) atoms. The minimum absolute atomic E-state index is 0.0331. The van der Waals surface area contributed by atoms with Crippen LogP contribution in [0.15, 0.2) is 66.9 Å². The minimum Gasteiger partial charge on any atom is -0.486 e. The van der Waals surface area contributed by atoms with Gasteiger partial charge in [-0.3, -0.25) is 9.78 Å². The van der Waals surface area contributed by atoms with Crippen molar-refractivity contribution < 1.29 is 18.3 Å². The molecule has 2 aromatic carbocycles. The van der Waals surface area contributed by atoms with Crippen molar-refractivity contribution in [1.29, 1.82) is 0 Å². The second kappa shape index (κ2) is 8.89. The molecule has 3 aromatic rings. The molecule has 6 heteroatoms. The Morgan fingerprint density at radius 2 is 1.93 bits per heavy atom. The van der Waals surface area contributed by atoms with E-state index in [0.717, 1.165) is 5.69 Å². The summed E-state index contributed by atoms with van der Waals surface area (Å²) in [6.45, 7) is 0.0461. The number of nitrogens with one attached hydrogen (secondary N) is 1. The third kappa shape index (κ3) is 5.60. The minimum atomic E-state index is -0.603. The van der Waals surface area contributed by atoms with Gasteiger partial charge in [0.05, 0.1) is 0 Å². The number of nitrogens with zero attached hydrogens (tertiary/aromatic N) is 1. The van der Waals surface area contributed by atoms with Crippen LogP contribution in [-0.2, 0) is 17.8 Å². The monoisotopic (exact) mass is 368 g/mol. The summed E-state index contributed by atoms with van der Waals surface area (Å²) in [5, 5.41) is 2.65. The fourth-order valence-corrected chi connectivity index (χ4v) is 2.49. The molecule has 0 aliphatic rings. The summed E-state index contributed by atoms with van der Waals surface area (Å²) in [5.41, 5.74) is 1.76. The van der Waals surface area contributed by atoms with Crippen LogP contribution < -0.4 is 10.1 Å². The first-order chi connectivity index (χ1) is 13.1. The van der Waals surface area contributed by atoms with E-state index >= 15 is 0 Å². The number of hydrogen-bond acceptors (Lipinski definition) is 3. The molecule has 0 aliphatic heterocycles. The van der Waals surface area contributed by atoms with E-state index in [1.54, 1.807) is 24.4 Å². The molecule has 0 radical (unpaired) electrons. The Bertz CT molecular complexity index is 917. The molecule has 0 atom stereocenters. The number of anilines is 1. The molecule has 0 bridgehead atoms. The first-order valence-electron chi connectivity index (χ1n) is 8.47. The fraction of sp³-hybridized carbons (Fsp3) is 0.143. The largest absolute Gasteiger partial charge is 0.486 e. The van der Waals surface area contributed by atoms with Crippen molar-refractivity contribution >= 4 is 11.6 Å². The van der Waals surface area contributed by atoms with Gasteiger partial charge in [-0.2, -0.15) is 0 Å². The summed E-state index contributed by atoms with van der Waals surface area (Å²) in [5.74, 6) is -1.17. The van der Waals surface area contributed by atoms with Crippen molar-refractivity contribution in [3.63, 3.8) is 0 Å². The predicted molar refractivity (Wildman–Crippen MR) is 98.3 cm³/mol. The first kappa shape index (κ1) is 18.5. The van der Waals surface area contributed by atoms with E-state index in [4.69, 9.17) is 4.74 Å². The number of hydrogen-bond donors (Lipinski definition) is 1. The molecule has 0 fully saturated rings. The SMILES string of the molecule is O=C(CCc1ccccn1)Nc1ccc(OCc2cccc(F)c2)c(F)c1. The van der Waals surface area contributed by atoms with Crippen LogP contribution in [-0.4, -0.2) is 10.9 Å². The number of benzene rings is 2. The molecule has 1 amide bonds. The Morgan fingerprint density at radius 3 is 2.67 bits per heavy atom. The summed E-state index contributed by atoms with van der Waals surface area (Å²) in [4.78, 5) is 16.2. The molecule has 1 heterocycles. The molecule has 1 aromatic heterocycles. The summed E-state index contributed by atoms with van der Waals surface area (Å²) in [6, 6.07) is 15.6. The van der Waals surface area contributed by atoms with Crippen LogP contribution in [0.4, 0.5) is 14.5 Å². The quantitative estimate of drug-likeness (QED) is 0.668. The number of aromatic nitrogens is 1. The van der Waals surface area contributed by atoms with Crippen LogP contribution in [0, 0.1) is 11.6 Å². The van der Waals surface area contributed by atoms with Gasteiger partial charge >= 0.3 is 0 Å². The standard InChI is InChI=1S/C21H18F2N2O2/c22-16-5-3-4-15(12-16)14-27-20-9-7-18(13-19(20)23)25-21(26)10-8-17-6-1-2-11-24-17/h1-7,9,11-13H,8,10,14H2,(H,25,26). The number of amides is 1. The van der Waals surface area contributed by atoms with Crippen LogP contribution in [0.1, 0.15) is 17.7 Å². The smallest absolute Gasteiger partial charge is 0.224 e. The maximum atomic E-state index is 14.2. The van der Waals surface area contributed by atoms with Crippen LogP contribution in [0.2, 0.25) is 0 Å². The highest BCUT2D eigenvalue weighted by atomic mass is 19.1. The summed E-state index contributed by atoms with van der Waals surface area (Å²) < 4.78 is 32.7. The lowest BCUT2D eigenvalue weighted by atomic mass is 10.2. The lowest BCUT2D eigenvalue weighted by molar-refractivity contribution is -0.116. The molecule has 138 valence electrons. The fourth-order valence-electron chi connectivity index (χ4n) is 2.49. The van der Waals surface area contributed by atoms with Gasteiger partial charge in [-0.1, -0.05) is 18.2 Å².